The van der Waals surface area contributed by atoms with E-state index in [-0.39, 0.29) is 10.6 Å². The van der Waals surface area contributed by atoms with Crippen LogP contribution in [0, 0.1) is 11.7 Å². The van der Waals surface area contributed by atoms with Crippen LogP contribution < -0.4 is 0 Å². The minimum absolute atomic E-state index is 0.155. The molecule has 0 spiro atoms. The maximum absolute atomic E-state index is 13.5. The fourth-order valence-corrected chi connectivity index (χ4v) is 4.64. The van der Waals surface area contributed by atoms with Gasteiger partial charge in [-0.3, -0.25) is 0 Å². The summed E-state index contributed by atoms with van der Waals surface area (Å²) in [5.41, 5.74) is 0.812. The normalized spacial score (nSPS) is 26.6. The Labute approximate surface area is 108 Å². The third kappa shape index (κ3) is 1.93. The van der Waals surface area contributed by atoms with E-state index in [1.807, 2.05) is 0 Å². The Hall–Kier alpha value is -0.420. The highest BCUT2D eigenvalue weighted by molar-refractivity contribution is 9.10. The van der Waals surface area contributed by atoms with E-state index in [0.717, 1.165) is 5.56 Å². The van der Waals surface area contributed by atoms with Gasteiger partial charge in [0, 0.05) is 0 Å². The van der Waals surface area contributed by atoms with Crippen LogP contribution in [0.2, 0.25) is 0 Å². The molecule has 2 nitrogen and oxygen atoms in total. The topological polar surface area (TPSA) is 34.1 Å². The van der Waals surface area contributed by atoms with Crippen LogP contribution in [0.4, 0.5) is 4.39 Å². The van der Waals surface area contributed by atoms with Gasteiger partial charge in [0.2, 0.25) is 0 Å². The molecule has 0 bridgehead atoms. The molecule has 17 heavy (non-hydrogen) atoms. The maximum Gasteiger partial charge on any atom is 0.178 e. The molecule has 3 rings (SSSR count). The Morgan fingerprint density at radius 3 is 2.59 bits per heavy atom. The summed E-state index contributed by atoms with van der Waals surface area (Å²) >= 11 is 3.14. The molecule has 1 unspecified atom stereocenters. The van der Waals surface area contributed by atoms with Crippen molar-refractivity contribution in [2.75, 3.05) is 5.75 Å². The summed E-state index contributed by atoms with van der Waals surface area (Å²) in [5.74, 6) is 0.554. The zero-order valence-electron chi connectivity index (χ0n) is 9.12. The van der Waals surface area contributed by atoms with Gasteiger partial charge in [-0.25, -0.2) is 12.8 Å². The first kappa shape index (κ1) is 11.7. The highest BCUT2D eigenvalue weighted by atomic mass is 79.9. The molecular formula is C12H12BrFO2S. The van der Waals surface area contributed by atoms with Gasteiger partial charge in [-0.2, -0.15) is 0 Å². The molecule has 1 aliphatic heterocycles. The summed E-state index contributed by atoms with van der Waals surface area (Å²) in [6, 6.07) is 2.83. The van der Waals surface area contributed by atoms with Gasteiger partial charge >= 0.3 is 0 Å². The number of halogens is 2. The van der Waals surface area contributed by atoms with E-state index in [1.54, 1.807) is 6.07 Å². The summed E-state index contributed by atoms with van der Waals surface area (Å²) in [7, 11) is -3.28. The molecule has 1 aromatic rings. The average molecular weight is 319 g/mol. The van der Waals surface area contributed by atoms with Gasteiger partial charge in [-0.05, 0) is 64.7 Å². The highest BCUT2D eigenvalue weighted by Crippen LogP contribution is 2.49. The van der Waals surface area contributed by atoms with Gasteiger partial charge in [0.1, 0.15) is 5.82 Å². The van der Waals surface area contributed by atoms with E-state index >= 15 is 0 Å². The number of rotatable bonds is 1. The Morgan fingerprint density at radius 2 is 1.94 bits per heavy atom. The lowest BCUT2D eigenvalue weighted by Gasteiger charge is -2.25. The van der Waals surface area contributed by atoms with Gasteiger partial charge in [0.25, 0.3) is 0 Å². The second kappa shape index (κ2) is 3.79. The quantitative estimate of drug-likeness (QED) is 0.796. The molecule has 2 aliphatic rings. The molecule has 0 amide bonds. The van der Waals surface area contributed by atoms with Crippen LogP contribution in [-0.2, 0) is 9.84 Å². The van der Waals surface area contributed by atoms with Crippen LogP contribution in [0.15, 0.2) is 21.5 Å². The fraction of sp³-hybridized carbons (Fsp3) is 0.500. The summed E-state index contributed by atoms with van der Waals surface area (Å²) in [6.45, 7) is 0. The fourth-order valence-electron chi connectivity index (χ4n) is 2.64. The first-order valence-corrected chi connectivity index (χ1v) is 8.15. The molecule has 0 radical (unpaired) electrons. The summed E-state index contributed by atoms with van der Waals surface area (Å²) in [4.78, 5) is 0.210. The molecule has 1 heterocycles. The van der Waals surface area contributed by atoms with Crippen LogP contribution >= 0.6 is 15.9 Å². The van der Waals surface area contributed by atoms with Gasteiger partial charge in [0.05, 0.1) is 15.1 Å². The molecule has 1 atom stereocenters. The third-order valence-electron chi connectivity index (χ3n) is 3.68. The zero-order chi connectivity index (χ0) is 12.2. The molecular weight excluding hydrogens is 307 g/mol. The highest BCUT2D eigenvalue weighted by Gasteiger charge is 2.39. The van der Waals surface area contributed by atoms with E-state index < -0.39 is 15.7 Å². The average Bonchev–Trinajstić information content (AvgIpc) is 3.05. The molecule has 0 aromatic heterocycles. The molecule has 1 saturated carbocycles. The number of hydrogen-bond acceptors (Lipinski definition) is 2. The summed E-state index contributed by atoms with van der Waals surface area (Å²) < 4.78 is 37.7. The maximum atomic E-state index is 13.5. The molecule has 0 saturated heterocycles. The van der Waals surface area contributed by atoms with Crippen molar-refractivity contribution >= 4 is 25.8 Å². The monoisotopic (exact) mass is 318 g/mol. The van der Waals surface area contributed by atoms with E-state index in [4.69, 9.17) is 0 Å². The molecule has 0 N–H and O–H groups in total. The van der Waals surface area contributed by atoms with Crippen LogP contribution in [0.3, 0.4) is 0 Å². The summed E-state index contributed by atoms with van der Waals surface area (Å²) in [5, 5.41) is 0. The largest absolute Gasteiger partial charge is 0.224 e. The molecule has 1 aromatic carbocycles. The van der Waals surface area contributed by atoms with Crippen molar-refractivity contribution in [3.8, 4) is 0 Å². The van der Waals surface area contributed by atoms with E-state index in [0.29, 0.717) is 22.7 Å². The van der Waals surface area contributed by atoms with Crippen molar-refractivity contribution < 1.29 is 12.8 Å². The van der Waals surface area contributed by atoms with Gasteiger partial charge in [0.15, 0.2) is 9.84 Å². The second-order valence-corrected chi connectivity index (χ2v) is 7.79. The first-order chi connectivity index (χ1) is 7.99. The van der Waals surface area contributed by atoms with Crippen molar-refractivity contribution in [2.45, 2.75) is 30.1 Å². The third-order valence-corrected chi connectivity index (χ3v) is 6.08. The van der Waals surface area contributed by atoms with E-state index in [2.05, 4.69) is 15.9 Å². The Kier molecular flexibility index (Phi) is 2.60. The van der Waals surface area contributed by atoms with Crippen LogP contribution in [0.5, 0.6) is 0 Å². The SMILES string of the molecule is O=S1(=O)CCC(C2CC2)c2cc(Br)c(F)cc21. The standard InChI is InChI=1S/C12H12BrFO2S/c13-10-5-9-8(7-1-2-7)3-4-17(15,16)12(9)6-11(10)14/h5-8H,1-4H2. The first-order valence-electron chi connectivity index (χ1n) is 5.71. The number of hydrogen-bond donors (Lipinski definition) is 0. The van der Waals surface area contributed by atoms with Crippen LogP contribution in [-0.4, -0.2) is 14.2 Å². The number of sulfone groups is 1. The number of benzene rings is 1. The molecule has 1 aliphatic carbocycles. The lowest BCUT2D eigenvalue weighted by atomic mass is 9.91. The predicted molar refractivity (Wildman–Crippen MR) is 66.2 cm³/mol. The van der Waals surface area contributed by atoms with Crippen molar-refractivity contribution in [2.24, 2.45) is 5.92 Å². The Morgan fingerprint density at radius 1 is 1.24 bits per heavy atom. The summed E-state index contributed by atoms with van der Waals surface area (Å²) in [6.07, 6.45) is 3.01. The predicted octanol–water partition coefficient (Wildman–Crippen LogP) is 3.26. The van der Waals surface area contributed by atoms with Crippen molar-refractivity contribution in [3.05, 3.63) is 28.0 Å². The van der Waals surface area contributed by atoms with Gasteiger partial charge < -0.3 is 0 Å². The minimum Gasteiger partial charge on any atom is -0.224 e. The second-order valence-electron chi connectivity index (χ2n) is 4.86. The molecule has 5 heteroatoms. The van der Waals surface area contributed by atoms with Crippen molar-refractivity contribution in [3.63, 3.8) is 0 Å². The van der Waals surface area contributed by atoms with Gasteiger partial charge in [-0.1, -0.05) is 0 Å². The van der Waals surface area contributed by atoms with Gasteiger partial charge in [-0.15, -0.1) is 0 Å². The van der Waals surface area contributed by atoms with Crippen molar-refractivity contribution in [1.82, 2.24) is 0 Å². The van der Waals surface area contributed by atoms with E-state index in [9.17, 15) is 12.8 Å². The molecule has 92 valence electrons. The number of fused-ring (bicyclic) bond motifs is 1. The lowest BCUT2D eigenvalue weighted by Crippen LogP contribution is -2.21. The van der Waals surface area contributed by atoms with Crippen LogP contribution in [0.1, 0.15) is 30.7 Å². The molecule has 1 fully saturated rings. The van der Waals surface area contributed by atoms with Crippen molar-refractivity contribution in [1.29, 1.82) is 0 Å². The zero-order valence-corrected chi connectivity index (χ0v) is 11.5. The smallest absolute Gasteiger partial charge is 0.178 e. The minimum atomic E-state index is -3.28. The van der Waals surface area contributed by atoms with E-state index in [1.165, 1.54) is 18.9 Å². The Bertz CT molecular complexity index is 578. The lowest BCUT2D eigenvalue weighted by molar-refractivity contribution is 0.528. The van der Waals surface area contributed by atoms with Crippen LogP contribution in [0.25, 0.3) is 0 Å². The Balaban J connectivity index is 2.20.